The molecule has 0 aliphatic rings. The van der Waals surface area contributed by atoms with Crippen LogP contribution in [0.5, 0.6) is 0 Å². The van der Waals surface area contributed by atoms with Crippen LogP contribution in [0.3, 0.4) is 0 Å². The Hall–Kier alpha value is -1.65. The molecule has 0 unspecified atom stereocenters. The van der Waals surface area contributed by atoms with E-state index in [0.29, 0.717) is 6.04 Å². The Morgan fingerprint density at radius 1 is 1.28 bits per heavy atom. The first kappa shape index (κ1) is 12.8. The molecule has 4 heteroatoms. The van der Waals surface area contributed by atoms with Gasteiger partial charge < -0.3 is 10.1 Å². The SMILES string of the molecule is COC[C@H](C)NCc1ccc(-c2ccn[nH]2)cc1. The number of benzene rings is 1. The van der Waals surface area contributed by atoms with Gasteiger partial charge in [0.05, 0.1) is 12.3 Å². The van der Waals surface area contributed by atoms with E-state index in [1.807, 2.05) is 6.07 Å². The van der Waals surface area contributed by atoms with E-state index in [-0.39, 0.29) is 0 Å². The highest BCUT2D eigenvalue weighted by Crippen LogP contribution is 2.16. The third-order valence-electron chi connectivity index (χ3n) is 2.84. The smallest absolute Gasteiger partial charge is 0.0650 e. The molecule has 0 aliphatic carbocycles. The van der Waals surface area contributed by atoms with E-state index in [0.717, 1.165) is 24.4 Å². The number of ether oxygens (including phenoxy) is 1. The van der Waals surface area contributed by atoms with Gasteiger partial charge in [0.15, 0.2) is 0 Å². The van der Waals surface area contributed by atoms with Gasteiger partial charge in [-0.1, -0.05) is 24.3 Å². The van der Waals surface area contributed by atoms with Crippen LogP contribution in [0.2, 0.25) is 0 Å². The highest BCUT2D eigenvalue weighted by atomic mass is 16.5. The first-order valence-electron chi connectivity index (χ1n) is 6.10. The van der Waals surface area contributed by atoms with E-state index >= 15 is 0 Å². The summed E-state index contributed by atoms with van der Waals surface area (Å²) in [6, 6.07) is 10.8. The number of hydrogen-bond donors (Lipinski definition) is 2. The Kier molecular flexibility index (Phi) is 4.50. The normalized spacial score (nSPS) is 12.6. The van der Waals surface area contributed by atoms with E-state index in [1.165, 1.54) is 5.56 Å². The zero-order chi connectivity index (χ0) is 12.8. The molecule has 1 atom stereocenters. The van der Waals surface area contributed by atoms with E-state index in [1.54, 1.807) is 13.3 Å². The predicted molar refractivity (Wildman–Crippen MR) is 72.2 cm³/mol. The predicted octanol–water partition coefficient (Wildman–Crippen LogP) is 2.20. The molecular formula is C14H19N3O. The van der Waals surface area contributed by atoms with Gasteiger partial charge in [0, 0.05) is 25.9 Å². The van der Waals surface area contributed by atoms with Crippen molar-refractivity contribution in [3.05, 3.63) is 42.1 Å². The van der Waals surface area contributed by atoms with Crippen molar-refractivity contribution in [3.63, 3.8) is 0 Å². The van der Waals surface area contributed by atoms with Gasteiger partial charge in [-0.25, -0.2) is 0 Å². The van der Waals surface area contributed by atoms with Crippen LogP contribution < -0.4 is 5.32 Å². The summed E-state index contributed by atoms with van der Waals surface area (Å²) in [6.07, 6.45) is 1.76. The molecule has 4 nitrogen and oxygen atoms in total. The first-order chi connectivity index (χ1) is 8.79. The zero-order valence-corrected chi connectivity index (χ0v) is 10.8. The third kappa shape index (κ3) is 3.42. The molecule has 1 aromatic heterocycles. The van der Waals surface area contributed by atoms with E-state index in [9.17, 15) is 0 Å². The van der Waals surface area contributed by atoms with Gasteiger partial charge in [-0.3, -0.25) is 5.10 Å². The van der Waals surface area contributed by atoms with Crippen LogP contribution >= 0.6 is 0 Å². The molecule has 1 heterocycles. The summed E-state index contributed by atoms with van der Waals surface area (Å²) in [5.74, 6) is 0. The standard InChI is InChI=1S/C14H19N3O/c1-11(10-18-2)15-9-12-3-5-13(6-4-12)14-7-8-16-17-14/h3-8,11,15H,9-10H2,1-2H3,(H,16,17)/t11-/m0/s1. The zero-order valence-electron chi connectivity index (χ0n) is 10.8. The van der Waals surface area contributed by atoms with Gasteiger partial charge in [-0.2, -0.15) is 5.10 Å². The number of aromatic amines is 1. The second kappa shape index (κ2) is 6.33. The van der Waals surface area contributed by atoms with Gasteiger partial charge in [0.25, 0.3) is 0 Å². The van der Waals surface area contributed by atoms with Crippen LogP contribution in [-0.2, 0) is 11.3 Å². The first-order valence-corrected chi connectivity index (χ1v) is 6.10. The fourth-order valence-electron chi connectivity index (χ4n) is 1.82. The number of nitrogens with zero attached hydrogens (tertiary/aromatic N) is 1. The van der Waals surface area contributed by atoms with Crippen molar-refractivity contribution in [3.8, 4) is 11.3 Å². The van der Waals surface area contributed by atoms with Crippen LogP contribution in [0.1, 0.15) is 12.5 Å². The Bertz CT molecular complexity index is 450. The minimum Gasteiger partial charge on any atom is -0.383 e. The van der Waals surface area contributed by atoms with Gasteiger partial charge in [0.2, 0.25) is 0 Å². The number of hydrogen-bond acceptors (Lipinski definition) is 3. The fraction of sp³-hybridized carbons (Fsp3) is 0.357. The van der Waals surface area contributed by atoms with Gasteiger partial charge in [0.1, 0.15) is 0 Å². The molecule has 0 saturated carbocycles. The summed E-state index contributed by atoms with van der Waals surface area (Å²) in [6.45, 7) is 3.70. The Morgan fingerprint density at radius 2 is 2.06 bits per heavy atom. The van der Waals surface area contributed by atoms with Gasteiger partial charge in [-0.15, -0.1) is 0 Å². The third-order valence-corrected chi connectivity index (χ3v) is 2.84. The lowest BCUT2D eigenvalue weighted by molar-refractivity contribution is 0.171. The van der Waals surface area contributed by atoms with Gasteiger partial charge >= 0.3 is 0 Å². The van der Waals surface area contributed by atoms with Crippen molar-refractivity contribution in [2.45, 2.75) is 19.5 Å². The minimum atomic E-state index is 0.363. The summed E-state index contributed by atoms with van der Waals surface area (Å²) in [4.78, 5) is 0. The maximum absolute atomic E-state index is 5.09. The summed E-state index contributed by atoms with van der Waals surface area (Å²) in [5, 5.41) is 10.3. The Morgan fingerprint density at radius 3 is 2.67 bits per heavy atom. The number of H-pyrrole nitrogens is 1. The number of rotatable bonds is 6. The average Bonchev–Trinajstić information content (AvgIpc) is 2.91. The molecule has 0 bridgehead atoms. The highest BCUT2D eigenvalue weighted by Gasteiger charge is 2.02. The second-order valence-electron chi connectivity index (χ2n) is 4.40. The summed E-state index contributed by atoms with van der Waals surface area (Å²) >= 11 is 0. The summed E-state index contributed by atoms with van der Waals surface area (Å²) in [7, 11) is 1.72. The molecule has 0 aliphatic heterocycles. The number of methoxy groups -OCH3 is 1. The van der Waals surface area contributed by atoms with Crippen molar-refractivity contribution in [1.82, 2.24) is 15.5 Å². The molecule has 2 aromatic rings. The van der Waals surface area contributed by atoms with Crippen molar-refractivity contribution in [2.75, 3.05) is 13.7 Å². The topological polar surface area (TPSA) is 49.9 Å². The fourth-order valence-corrected chi connectivity index (χ4v) is 1.82. The lowest BCUT2D eigenvalue weighted by Gasteiger charge is -2.12. The van der Waals surface area contributed by atoms with Crippen LogP contribution in [0.4, 0.5) is 0 Å². The van der Waals surface area contributed by atoms with E-state index in [4.69, 9.17) is 4.74 Å². The molecule has 0 fully saturated rings. The highest BCUT2D eigenvalue weighted by molar-refractivity contribution is 5.58. The lowest BCUT2D eigenvalue weighted by atomic mass is 10.1. The summed E-state index contributed by atoms with van der Waals surface area (Å²) < 4.78 is 5.09. The summed E-state index contributed by atoms with van der Waals surface area (Å²) in [5.41, 5.74) is 3.46. The lowest BCUT2D eigenvalue weighted by Crippen LogP contribution is -2.29. The average molecular weight is 245 g/mol. The van der Waals surface area contributed by atoms with Crippen molar-refractivity contribution >= 4 is 0 Å². The largest absolute Gasteiger partial charge is 0.383 e. The second-order valence-corrected chi connectivity index (χ2v) is 4.40. The van der Waals surface area contributed by atoms with E-state index in [2.05, 4.69) is 46.7 Å². The number of aromatic nitrogens is 2. The van der Waals surface area contributed by atoms with Crippen molar-refractivity contribution in [2.24, 2.45) is 0 Å². The quantitative estimate of drug-likeness (QED) is 0.820. The van der Waals surface area contributed by atoms with Crippen LogP contribution in [0.25, 0.3) is 11.3 Å². The molecule has 2 N–H and O–H groups in total. The molecule has 0 spiro atoms. The molecular weight excluding hydrogens is 226 g/mol. The molecule has 0 amide bonds. The van der Waals surface area contributed by atoms with Crippen molar-refractivity contribution in [1.29, 1.82) is 0 Å². The molecule has 96 valence electrons. The van der Waals surface area contributed by atoms with Crippen LogP contribution in [0, 0.1) is 0 Å². The maximum atomic E-state index is 5.09. The maximum Gasteiger partial charge on any atom is 0.0650 e. The van der Waals surface area contributed by atoms with E-state index < -0.39 is 0 Å². The monoisotopic (exact) mass is 245 g/mol. The van der Waals surface area contributed by atoms with Crippen molar-refractivity contribution < 1.29 is 4.74 Å². The molecule has 0 saturated heterocycles. The molecule has 18 heavy (non-hydrogen) atoms. The Labute approximate surface area is 107 Å². The minimum absolute atomic E-state index is 0.363. The molecule has 0 radical (unpaired) electrons. The molecule has 2 rings (SSSR count). The number of nitrogens with one attached hydrogen (secondary N) is 2. The van der Waals surface area contributed by atoms with Crippen LogP contribution in [-0.4, -0.2) is 30.0 Å². The van der Waals surface area contributed by atoms with Gasteiger partial charge in [-0.05, 0) is 24.1 Å². The Balaban J connectivity index is 1.92. The molecule has 1 aromatic carbocycles. The van der Waals surface area contributed by atoms with Crippen LogP contribution in [0.15, 0.2) is 36.5 Å².